The lowest BCUT2D eigenvalue weighted by atomic mass is 9.85. The van der Waals surface area contributed by atoms with Crippen molar-refractivity contribution in [3.8, 4) is 11.5 Å². The molecule has 25 heavy (non-hydrogen) atoms. The number of carbonyl (C=O) groups is 1. The number of nitrogens with zero attached hydrogens (tertiary/aromatic N) is 4. The fourth-order valence-electron chi connectivity index (χ4n) is 4.16. The third kappa shape index (κ3) is 2.84. The topological polar surface area (TPSA) is 62.5 Å². The average Bonchev–Trinajstić information content (AvgIpc) is 3.22. The first-order valence-corrected chi connectivity index (χ1v) is 8.99. The fourth-order valence-corrected chi connectivity index (χ4v) is 4.16. The van der Waals surface area contributed by atoms with Crippen molar-refractivity contribution in [3.05, 3.63) is 35.7 Å². The van der Waals surface area contributed by atoms with Crippen LogP contribution in [0.3, 0.4) is 0 Å². The van der Waals surface area contributed by atoms with Gasteiger partial charge in [-0.1, -0.05) is 22.9 Å². The first-order chi connectivity index (χ1) is 12.1. The molecule has 6 nitrogen and oxygen atoms in total. The molecule has 132 valence electrons. The Morgan fingerprint density at radius 1 is 1.16 bits per heavy atom. The SMILES string of the molecule is Cc1ccc(-c2nc(CN3CCCC34CCCN(C)C4=O)no2)cc1. The van der Waals surface area contributed by atoms with Crippen molar-refractivity contribution < 1.29 is 9.32 Å². The van der Waals surface area contributed by atoms with Gasteiger partial charge in [-0.2, -0.15) is 4.98 Å². The summed E-state index contributed by atoms with van der Waals surface area (Å²) in [5.74, 6) is 1.44. The molecule has 2 aliphatic rings. The number of amides is 1. The van der Waals surface area contributed by atoms with Gasteiger partial charge in [-0.25, -0.2) is 0 Å². The van der Waals surface area contributed by atoms with Gasteiger partial charge in [0.25, 0.3) is 5.89 Å². The second-order valence-electron chi connectivity index (χ2n) is 7.27. The predicted octanol–water partition coefficient (Wildman–Crippen LogP) is 2.63. The minimum absolute atomic E-state index is 0.249. The summed E-state index contributed by atoms with van der Waals surface area (Å²) in [4.78, 5) is 21.5. The van der Waals surface area contributed by atoms with Crippen molar-refractivity contribution >= 4 is 5.91 Å². The first kappa shape index (κ1) is 16.3. The molecule has 0 N–H and O–H groups in total. The standard InChI is InChI=1S/C19H24N4O2/c1-14-5-7-15(8-6-14)17-20-16(21-25-17)13-23-12-4-10-19(23)9-3-11-22(2)18(19)24/h5-8H,3-4,9-13H2,1-2H3. The number of hydrogen-bond donors (Lipinski definition) is 0. The van der Waals surface area contributed by atoms with Gasteiger partial charge in [0.15, 0.2) is 5.82 Å². The molecular weight excluding hydrogens is 316 g/mol. The van der Waals surface area contributed by atoms with Crippen molar-refractivity contribution in [2.75, 3.05) is 20.1 Å². The van der Waals surface area contributed by atoms with Gasteiger partial charge in [-0.3, -0.25) is 9.69 Å². The van der Waals surface area contributed by atoms with E-state index in [0.717, 1.165) is 44.3 Å². The summed E-state index contributed by atoms with van der Waals surface area (Å²) in [5, 5.41) is 4.15. The largest absolute Gasteiger partial charge is 0.344 e. The number of aromatic nitrogens is 2. The quantitative estimate of drug-likeness (QED) is 0.859. The highest BCUT2D eigenvalue weighted by Crippen LogP contribution is 2.38. The first-order valence-electron chi connectivity index (χ1n) is 8.99. The second-order valence-corrected chi connectivity index (χ2v) is 7.27. The Labute approximate surface area is 147 Å². The lowest BCUT2D eigenvalue weighted by Crippen LogP contribution is -2.58. The molecular formula is C19H24N4O2. The third-order valence-electron chi connectivity index (χ3n) is 5.55. The molecule has 1 atom stereocenters. The molecule has 2 saturated heterocycles. The minimum atomic E-state index is -0.363. The Morgan fingerprint density at radius 3 is 2.64 bits per heavy atom. The van der Waals surface area contributed by atoms with Crippen LogP contribution in [0.25, 0.3) is 11.5 Å². The van der Waals surface area contributed by atoms with Gasteiger partial charge in [0, 0.05) is 19.2 Å². The van der Waals surface area contributed by atoms with Crippen LogP contribution in [0.4, 0.5) is 0 Å². The highest BCUT2D eigenvalue weighted by molar-refractivity contribution is 5.87. The maximum atomic E-state index is 12.8. The summed E-state index contributed by atoms with van der Waals surface area (Å²) in [7, 11) is 1.91. The number of carbonyl (C=O) groups excluding carboxylic acids is 1. The molecule has 1 unspecified atom stereocenters. The van der Waals surface area contributed by atoms with E-state index in [9.17, 15) is 4.79 Å². The van der Waals surface area contributed by atoms with E-state index in [1.54, 1.807) is 0 Å². The van der Waals surface area contributed by atoms with E-state index in [2.05, 4.69) is 15.0 Å². The van der Waals surface area contributed by atoms with E-state index in [-0.39, 0.29) is 11.4 Å². The van der Waals surface area contributed by atoms with Crippen molar-refractivity contribution in [2.24, 2.45) is 0 Å². The summed E-state index contributed by atoms with van der Waals surface area (Å²) >= 11 is 0. The zero-order chi connectivity index (χ0) is 17.4. The Bertz CT molecular complexity index is 770. The van der Waals surface area contributed by atoms with Crippen LogP contribution in [0.5, 0.6) is 0 Å². The van der Waals surface area contributed by atoms with Crippen molar-refractivity contribution in [2.45, 2.75) is 44.7 Å². The van der Waals surface area contributed by atoms with Crippen molar-refractivity contribution in [1.29, 1.82) is 0 Å². The van der Waals surface area contributed by atoms with Gasteiger partial charge in [0.1, 0.15) is 5.54 Å². The van der Waals surface area contributed by atoms with E-state index >= 15 is 0 Å². The Balaban J connectivity index is 1.54. The maximum Gasteiger partial charge on any atom is 0.257 e. The molecule has 0 aliphatic carbocycles. The number of hydrogen-bond acceptors (Lipinski definition) is 5. The fraction of sp³-hybridized carbons (Fsp3) is 0.526. The average molecular weight is 340 g/mol. The van der Waals surface area contributed by atoms with Gasteiger partial charge >= 0.3 is 0 Å². The number of aryl methyl sites for hydroxylation is 1. The summed E-state index contributed by atoms with van der Waals surface area (Å²) in [6.07, 6.45) is 3.96. The highest BCUT2D eigenvalue weighted by Gasteiger charge is 2.50. The van der Waals surface area contributed by atoms with Gasteiger partial charge < -0.3 is 9.42 Å². The molecule has 6 heteroatoms. The van der Waals surface area contributed by atoms with Crippen LogP contribution >= 0.6 is 0 Å². The molecule has 2 fully saturated rings. The van der Waals surface area contributed by atoms with Crippen molar-refractivity contribution in [3.63, 3.8) is 0 Å². The summed E-state index contributed by atoms with van der Waals surface area (Å²) in [6.45, 7) is 4.38. The minimum Gasteiger partial charge on any atom is -0.344 e. The van der Waals surface area contributed by atoms with Gasteiger partial charge in [-0.05, 0) is 51.3 Å². The lowest BCUT2D eigenvalue weighted by molar-refractivity contribution is -0.146. The normalized spacial score (nSPS) is 24.4. The van der Waals surface area contributed by atoms with E-state index in [4.69, 9.17) is 4.52 Å². The zero-order valence-corrected chi connectivity index (χ0v) is 14.9. The molecule has 0 bridgehead atoms. The summed E-state index contributed by atoms with van der Waals surface area (Å²) < 4.78 is 5.44. The van der Waals surface area contributed by atoms with Crippen LogP contribution in [0.2, 0.25) is 0 Å². The van der Waals surface area contributed by atoms with E-state index < -0.39 is 0 Å². The molecule has 1 aromatic carbocycles. The Hall–Kier alpha value is -2.21. The van der Waals surface area contributed by atoms with Gasteiger partial charge in [0.05, 0.1) is 6.54 Å². The van der Waals surface area contributed by atoms with Crippen LogP contribution in [0, 0.1) is 6.92 Å². The lowest BCUT2D eigenvalue weighted by Gasteiger charge is -2.43. The van der Waals surface area contributed by atoms with Gasteiger partial charge in [0.2, 0.25) is 5.91 Å². The number of likely N-dealkylation sites (N-methyl/N-ethyl adjacent to an activating group) is 1. The van der Waals surface area contributed by atoms with Crippen LogP contribution in [-0.4, -0.2) is 51.5 Å². The molecule has 2 aromatic rings. The monoisotopic (exact) mass is 340 g/mol. The van der Waals surface area contributed by atoms with E-state index in [1.165, 1.54) is 5.56 Å². The molecule has 1 aromatic heterocycles. The Morgan fingerprint density at radius 2 is 1.88 bits per heavy atom. The zero-order valence-electron chi connectivity index (χ0n) is 14.9. The molecule has 1 amide bonds. The maximum absolute atomic E-state index is 12.8. The smallest absolute Gasteiger partial charge is 0.257 e. The molecule has 1 spiro atoms. The van der Waals surface area contributed by atoms with Gasteiger partial charge in [-0.15, -0.1) is 0 Å². The predicted molar refractivity (Wildman–Crippen MR) is 93.7 cm³/mol. The third-order valence-corrected chi connectivity index (χ3v) is 5.55. The van der Waals surface area contributed by atoms with E-state index in [0.29, 0.717) is 18.3 Å². The molecule has 2 aliphatic heterocycles. The number of likely N-dealkylation sites (tertiary alicyclic amines) is 2. The number of benzene rings is 1. The summed E-state index contributed by atoms with van der Waals surface area (Å²) in [5.41, 5.74) is 1.76. The van der Waals surface area contributed by atoms with Crippen molar-refractivity contribution in [1.82, 2.24) is 19.9 Å². The Kier molecular flexibility index (Phi) is 4.07. The highest BCUT2D eigenvalue weighted by atomic mass is 16.5. The number of piperidine rings is 1. The second kappa shape index (κ2) is 6.26. The summed E-state index contributed by atoms with van der Waals surface area (Å²) in [6, 6.07) is 8.05. The molecule has 3 heterocycles. The van der Waals surface area contributed by atoms with E-state index in [1.807, 2.05) is 43.1 Å². The van der Waals surface area contributed by atoms with Crippen LogP contribution in [0.1, 0.15) is 37.1 Å². The molecule has 0 radical (unpaired) electrons. The molecule has 4 rings (SSSR count). The number of rotatable bonds is 3. The van der Waals surface area contributed by atoms with Crippen LogP contribution in [-0.2, 0) is 11.3 Å². The van der Waals surface area contributed by atoms with Crippen LogP contribution < -0.4 is 0 Å². The van der Waals surface area contributed by atoms with Crippen LogP contribution in [0.15, 0.2) is 28.8 Å². The molecule has 0 saturated carbocycles.